The molecule has 7 nitrogen and oxygen atoms in total. The summed E-state index contributed by atoms with van der Waals surface area (Å²) in [6.07, 6.45) is 5.59. The molecule has 3 aliphatic rings. The molecule has 0 fully saturated rings. The van der Waals surface area contributed by atoms with Crippen molar-refractivity contribution in [3.05, 3.63) is 77.0 Å². The van der Waals surface area contributed by atoms with Crippen molar-refractivity contribution in [2.75, 3.05) is 19.8 Å². The highest BCUT2D eigenvalue weighted by molar-refractivity contribution is 6.21. The van der Waals surface area contributed by atoms with E-state index < -0.39 is 0 Å². The zero-order chi connectivity index (χ0) is 23.8. The van der Waals surface area contributed by atoms with Gasteiger partial charge >= 0.3 is 0 Å². The molecule has 34 heavy (non-hydrogen) atoms. The molecule has 2 aromatic rings. The molecule has 2 unspecified atom stereocenters. The van der Waals surface area contributed by atoms with Gasteiger partial charge in [-0.25, -0.2) is 0 Å². The van der Waals surface area contributed by atoms with Crippen LogP contribution in [-0.2, 0) is 0 Å². The average molecular weight is 459 g/mol. The number of hydrogen-bond acceptors (Lipinski definition) is 6. The minimum Gasteiger partial charge on any atom is -0.490 e. The van der Waals surface area contributed by atoms with E-state index in [0.717, 1.165) is 11.3 Å². The molecular weight excluding hydrogens is 432 g/mol. The van der Waals surface area contributed by atoms with Crippen LogP contribution in [0.3, 0.4) is 0 Å². The van der Waals surface area contributed by atoms with Gasteiger partial charge in [-0.3, -0.25) is 9.59 Å². The summed E-state index contributed by atoms with van der Waals surface area (Å²) in [5.41, 5.74) is 3.22. The van der Waals surface area contributed by atoms with E-state index in [1.807, 2.05) is 63.3 Å². The highest BCUT2D eigenvalue weighted by Gasteiger charge is 2.48. The zero-order valence-electron chi connectivity index (χ0n) is 19.4. The lowest BCUT2D eigenvalue weighted by molar-refractivity contribution is 0.0798. The number of benzene rings is 2. The largest absolute Gasteiger partial charge is 0.490 e. The second-order valence-electron chi connectivity index (χ2n) is 8.09. The Hall–Kier alpha value is -3.87. The van der Waals surface area contributed by atoms with E-state index >= 15 is 0 Å². The molecule has 2 aliphatic carbocycles. The van der Waals surface area contributed by atoms with Crippen molar-refractivity contribution in [1.82, 2.24) is 5.01 Å². The van der Waals surface area contributed by atoms with E-state index in [1.54, 1.807) is 12.1 Å². The maximum Gasteiger partial charge on any atom is 0.278 e. The predicted octanol–water partition coefficient (Wildman–Crippen LogP) is 4.63. The number of allylic oxidation sites excluding steroid dienone is 4. The van der Waals surface area contributed by atoms with Gasteiger partial charge in [0.1, 0.15) is 0 Å². The third-order valence-corrected chi connectivity index (χ3v) is 6.13. The first kappa shape index (κ1) is 21.9. The highest BCUT2D eigenvalue weighted by Crippen LogP contribution is 2.45. The third-order valence-electron chi connectivity index (χ3n) is 6.13. The molecule has 0 radical (unpaired) electrons. The third kappa shape index (κ3) is 3.39. The Bertz CT molecular complexity index is 1230. The molecular formula is C27H26N2O5. The second-order valence-corrected chi connectivity index (χ2v) is 8.09. The van der Waals surface area contributed by atoms with Gasteiger partial charge in [0, 0.05) is 16.7 Å². The molecule has 5 rings (SSSR count). The number of amides is 1. The van der Waals surface area contributed by atoms with Crippen molar-refractivity contribution in [3.63, 3.8) is 0 Å². The minimum absolute atomic E-state index is 0.0500. The first-order chi connectivity index (χ1) is 16.6. The van der Waals surface area contributed by atoms with E-state index in [1.165, 1.54) is 5.01 Å². The van der Waals surface area contributed by atoms with Crippen LogP contribution in [0.2, 0.25) is 0 Å². The maximum atomic E-state index is 13.8. The smallest absolute Gasteiger partial charge is 0.278 e. The van der Waals surface area contributed by atoms with Crippen molar-refractivity contribution in [2.24, 2.45) is 16.9 Å². The number of nitrogens with zero attached hydrogens (tertiary/aromatic N) is 2. The van der Waals surface area contributed by atoms with E-state index in [2.05, 4.69) is 0 Å². The molecule has 0 aromatic heterocycles. The molecule has 1 heterocycles. The highest BCUT2D eigenvalue weighted by atomic mass is 16.5. The lowest BCUT2D eigenvalue weighted by Crippen LogP contribution is -2.37. The fraction of sp³-hybridized carbons (Fsp3) is 0.296. The molecule has 1 amide bonds. The number of fused-ring (bicyclic) bond motifs is 2. The van der Waals surface area contributed by atoms with Crippen LogP contribution in [0.15, 0.2) is 65.4 Å². The lowest BCUT2D eigenvalue weighted by Gasteiger charge is -2.30. The summed E-state index contributed by atoms with van der Waals surface area (Å²) in [5, 5.41) is 6.15. The zero-order valence-corrected chi connectivity index (χ0v) is 19.4. The van der Waals surface area contributed by atoms with Gasteiger partial charge in [-0.2, -0.15) is 10.1 Å². The summed E-state index contributed by atoms with van der Waals surface area (Å²) in [6, 6.07) is 10.8. The Morgan fingerprint density at radius 2 is 1.62 bits per heavy atom. The average Bonchev–Trinajstić information content (AvgIpc) is 3.25. The van der Waals surface area contributed by atoms with Gasteiger partial charge in [-0.05, 0) is 39.0 Å². The van der Waals surface area contributed by atoms with Crippen molar-refractivity contribution >= 4 is 17.4 Å². The van der Waals surface area contributed by atoms with Crippen LogP contribution >= 0.6 is 0 Å². The van der Waals surface area contributed by atoms with Gasteiger partial charge in [0.05, 0.1) is 43.1 Å². The fourth-order valence-electron chi connectivity index (χ4n) is 4.77. The molecule has 1 aliphatic heterocycles. The van der Waals surface area contributed by atoms with E-state index in [9.17, 15) is 9.59 Å². The number of ketones is 1. The summed E-state index contributed by atoms with van der Waals surface area (Å²) in [4.78, 5) is 26.9. The fourth-order valence-corrected chi connectivity index (χ4v) is 4.77. The van der Waals surface area contributed by atoms with Gasteiger partial charge < -0.3 is 14.2 Å². The van der Waals surface area contributed by atoms with Crippen LogP contribution in [-0.4, -0.2) is 42.2 Å². The molecule has 0 bridgehead atoms. The van der Waals surface area contributed by atoms with Gasteiger partial charge in [-0.15, -0.1) is 0 Å². The number of rotatable bonds is 7. The van der Waals surface area contributed by atoms with Crippen LogP contribution in [0, 0.1) is 11.8 Å². The summed E-state index contributed by atoms with van der Waals surface area (Å²) in [6.45, 7) is 6.88. The Balaban J connectivity index is 1.60. The lowest BCUT2D eigenvalue weighted by atomic mass is 9.71. The van der Waals surface area contributed by atoms with Crippen molar-refractivity contribution in [3.8, 4) is 17.2 Å². The van der Waals surface area contributed by atoms with Crippen molar-refractivity contribution in [2.45, 2.75) is 20.8 Å². The molecule has 0 saturated heterocycles. The van der Waals surface area contributed by atoms with Crippen LogP contribution in [0.4, 0.5) is 0 Å². The molecule has 0 saturated carbocycles. The van der Waals surface area contributed by atoms with Crippen LogP contribution in [0.5, 0.6) is 17.2 Å². The first-order valence-electron chi connectivity index (χ1n) is 11.6. The predicted molar refractivity (Wildman–Crippen MR) is 128 cm³/mol. The Morgan fingerprint density at radius 1 is 0.971 bits per heavy atom. The summed E-state index contributed by atoms with van der Waals surface area (Å²) in [7, 11) is 0. The van der Waals surface area contributed by atoms with Crippen LogP contribution in [0.1, 0.15) is 47.1 Å². The van der Waals surface area contributed by atoms with E-state index in [0.29, 0.717) is 53.9 Å². The van der Waals surface area contributed by atoms with E-state index in [4.69, 9.17) is 19.3 Å². The Morgan fingerprint density at radius 3 is 2.26 bits per heavy atom. The SMILES string of the molecule is CCOc1cc(C(=O)N2N=C3c4ccccc4C(=O)C4C=CC=C2C34)cc(OCC)c1OCC. The van der Waals surface area contributed by atoms with Crippen molar-refractivity contribution in [1.29, 1.82) is 0 Å². The molecule has 0 spiro atoms. The monoisotopic (exact) mass is 458 g/mol. The summed E-state index contributed by atoms with van der Waals surface area (Å²) in [5.74, 6) is 0.439. The Kier molecular flexibility index (Phi) is 5.69. The number of hydrazone groups is 1. The van der Waals surface area contributed by atoms with Crippen molar-refractivity contribution < 1.29 is 23.8 Å². The quantitative estimate of drug-likeness (QED) is 0.605. The van der Waals surface area contributed by atoms with Gasteiger partial charge in [0.25, 0.3) is 5.91 Å². The van der Waals surface area contributed by atoms with Crippen LogP contribution in [0.25, 0.3) is 0 Å². The minimum atomic E-state index is -0.371. The molecule has 174 valence electrons. The summed E-state index contributed by atoms with van der Waals surface area (Å²) >= 11 is 0. The number of Topliss-reactive ketones (excluding diaryl/α,β-unsaturated/α-hetero) is 1. The normalized spacial score (nSPS) is 19.7. The molecule has 7 heteroatoms. The van der Waals surface area contributed by atoms with Crippen LogP contribution < -0.4 is 14.2 Å². The molecule has 2 aromatic carbocycles. The topological polar surface area (TPSA) is 77.4 Å². The maximum absolute atomic E-state index is 13.8. The van der Waals surface area contributed by atoms with Gasteiger partial charge in [-0.1, -0.05) is 36.4 Å². The Labute approximate surface area is 198 Å². The number of ether oxygens (including phenoxy) is 3. The molecule has 0 N–H and O–H groups in total. The van der Waals surface area contributed by atoms with E-state index in [-0.39, 0.29) is 23.5 Å². The second kappa shape index (κ2) is 8.82. The van der Waals surface area contributed by atoms with Gasteiger partial charge in [0.15, 0.2) is 17.3 Å². The molecule has 2 atom stereocenters. The number of carbonyl (C=O) groups excluding carboxylic acids is 2. The number of hydrogen-bond donors (Lipinski definition) is 0. The summed E-state index contributed by atoms with van der Waals surface area (Å²) < 4.78 is 17.3. The first-order valence-corrected chi connectivity index (χ1v) is 11.6. The van der Waals surface area contributed by atoms with Gasteiger partial charge in [0.2, 0.25) is 5.75 Å². The standard InChI is InChI=1S/C27H26N2O5/c1-4-32-21-14-16(15-22(33-5-2)26(21)34-6-3)27(31)29-20-13-9-12-19-23(20)24(28-29)17-10-7-8-11-18(17)25(19)30/h7-15,19,23H,4-6H2,1-3H3. The number of carbonyl (C=O) groups is 2.